The molecule has 2 aliphatic carbocycles. The maximum atomic E-state index is 13.2. The number of carbonyl (C=O) groups excluding carboxylic acids is 2. The van der Waals surface area contributed by atoms with E-state index in [0.717, 1.165) is 29.5 Å². The van der Waals surface area contributed by atoms with Crippen LogP contribution in [0.25, 0.3) is 4.85 Å². The van der Waals surface area contributed by atoms with Crippen LogP contribution in [0.2, 0.25) is 0 Å². The molecule has 0 unspecified atom stereocenters. The first-order chi connectivity index (χ1) is 15.9. The zero-order valence-corrected chi connectivity index (χ0v) is 18.5. The SMILES string of the molecule is [C-]#[N+]c1ccc(CCCC(=O)OCC)c(NC(=O)[C@@H]2C[C@]23CCc2ccc(C(=O)O)cc23)c1. The van der Waals surface area contributed by atoms with Crippen LogP contribution in [0.15, 0.2) is 36.4 Å². The lowest BCUT2D eigenvalue weighted by Gasteiger charge is -2.15. The third kappa shape index (κ3) is 4.47. The average Bonchev–Trinajstić information content (AvgIpc) is 3.43. The smallest absolute Gasteiger partial charge is 0.335 e. The molecule has 0 aliphatic heterocycles. The minimum atomic E-state index is -0.968. The van der Waals surface area contributed by atoms with Crippen molar-refractivity contribution in [1.82, 2.24) is 0 Å². The molecule has 0 saturated heterocycles. The van der Waals surface area contributed by atoms with Crippen molar-refractivity contribution in [3.63, 3.8) is 0 Å². The monoisotopic (exact) mass is 446 g/mol. The second-order valence-electron chi connectivity index (χ2n) is 8.69. The fourth-order valence-corrected chi connectivity index (χ4v) is 4.95. The number of carboxylic acids is 1. The van der Waals surface area contributed by atoms with Gasteiger partial charge in [-0.3, -0.25) is 9.59 Å². The molecule has 2 aliphatic rings. The number of carbonyl (C=O) groups is 3. The van der Waals surface area contributed by atoms with Gasteiger partial charge in [-0.2, -0.15) is 0 Å². The number of fused-ring (bicyclic) bond motifs is 2. The van der Waals surface area contributed by atoms with Crippen molar-refractivity contribution in [2.45, 2.75) is 50.9 Å². The molecule has 2 N–H and O–H groups in total. The maximum Gasteiger partial charge on any atom is 0.335 e. The highest BCUT2D eigenvalue weighted by atomic mass is 16.5. The van der Waals surface area contributed by atoms with Crippen molar-refractivity contribution >= 4 is 29.2 Å². The van der Waals surface area contributed by atoms with Gasteiger partial charge in [-0.15, -0.1) is 0 Å². The Bertz CT molecular complexity index is 1170. The number of aromatic carboxylic acids is 1. The van der Waals surface area contributed by atoms with E-state index in [2.05, 4.69) is 10.2 Å². The lowest BCUT2D eigenvalue weighted by atomic mass is 9.93. The van der Waals surface area contributed by atoms with E-state index in [1.54, 1.807) is 31.2 Å². The molecule has 2 aromatic carbocycles. The van der Waals surface area contributed by atoms with Crippen molar-refractivity contribution in [2.24, 2.45) is 5.92 Å². The Morgan fingerprint density at radius 3 is 2.79 bits per heavy atom. The van der Waals surface area contributed by atoms with Crippen LogP contribution in [0, 0.1) is 12.5 Å². The average molecular weight is 447 g/mol. The topological polar surface area (TPSA) is 97.1 Å². The van der Waals surface area contributed by atoms with Crippen molar-refractivity contribution in [3.05, 3.63) is 70.1 Å². The molecule has 1 spiro atoms. The molecular formula is C26H26N2O5. The second kappa shape index (κ2) is 9.07. The molecule has 7 heteroatoms. The van der Waals surface area contributed by atoms with Gasteiger partial charge in [-0.25, -0.2) is 9.64 Å². The predicted octanol–water partition coefficient (Wildman–Crippen LogP) is 4.66. The van der Waals surface area contributed by atoms with Gasteiger partial charge in [0.05, 0.1) is 18.7 Å². The number of carboxylic acid groups (broad SMARTS) is 1. The Kier molecular flexibility index (Phi) is 6.19. The Morgan fingerprint density at radius 2 is 2.06 bits per heavy atom. The van der Waals surface area contributed by atoms with E-state index in [1.165, 1.54) is 0 Å². The molecule has 4 rings (SSSR count). The molecule has 1 amide bonds. The third-order valence-electron chi connectivity index (χ3n) is 6.74. The largest absolute Gasteiger partial charge is 0.478 e. The molecule has 0 radical (unpaired) electrons. The summed E-state index contributed by atoms with van der Waals surface area (Å²) in [6.45, 7) is 9.42. The van der Waals surface area contributed by atoms with E-state index in [4.69, 9.17) is 11.3 Å². The predicted molar refractivity (Wildman–Crippen MR) is 122 cm³/mol. The lowest BCUT2D eigenvalue weighted by Crippen LogP contribution is -2.20. The first kappa shape index (κ1) is 22.5. The molecule has 7 nitrogen and oxygen atoms in total. The van der Waals surface area contributed by atoms with E-state index in [0.29, 0.717) is 43.7 Å². The van der Waals surface area contributed by atoms with Gasteiger partial charge >= 0.3 is 11.9 Å². The van der Waals surface area contributed by atoms with E-state index in [1.807, 2.05) is 12.1 Å². The van der Waals surface area contributed by atoms with Gasteiger partial charge in [0.15, 0.2) is 5.69 Å². The number of ether oxygens (including phenoxy) is 1. The van der Waals surface area contributed by atoms with E-state index in [9.17, 15) is 19.5 Å². The summed E-state index contributed by atoms with van der Waals surface area (Å²) in [5.74, 6) is -1.56. The van der Waals surface area contributed by atoms with Crippen LogP contribution in [-0.4, -0.2) is 29.6 Å². The van der Waals surface area contributed by atoms with Gasteiger partial charge in [0.1, 0.15) is 0 Å². The third-order valence-corrected chi connectivity index (χ3v) is 6.74. The molecule has 0 heterocycles. The van der Waals surface area contributed by atoms with Crippen LogP contribution in [0.1, 0.15) is 59.7 Å². The maximum absolute atomic E-state index is 13.2. The molecule has 1 saturated carbocycles. The Hall–Kier alpha value is -3.66. The molecule has 33 heavy (non-hydrogen) atoms. The highest BCUT2D eigenvalue weighted by molar-refractivity contribution is 5.97. The summed E-state index contributed by atoms with van der Waals surface area (Å²) in [7, 11) is 0. The van der Waals surface area contributed by atoms with E-state index >= 15 is 0 Å². The van der Waals surface area contributed by atoms with Crippen molar-refractivity contribution in [2.75, 3.05) is 11.9 Å². The number of anilines is 1. The summed E-state index contributed by atoms with van der Waals surface area (Å²) >= 11 is 0. The number of amides is 1. The van der Waals surface area contributed by atoms with Crippen molar-refractivity contribution in [3.8, 4) is 0 Å². The summed E-state index contributed by atoms with van der Waals surface area (Å²) in [4.78, 5) is 39.7. The normalized spacial score (nSPS) is 20.1. The molecule has 170 valence electrons. The van der Waals surface area contributed by atoms with Gasteiger partial charge < -0.3 is 15.2 Å². The van der Waals surface area contributed by atoms with Gasteiger partial charge in [-0.1, -0.05) is 18.2 Å². The Balaban J connectivity index is 1.49. The molecule has 2 aromatic rings. The molecule has 2 atom stereocenters. The van der Waals surface area contributed by atoms with Crippen LogP contribution in [-0.2, 0) is 32.6 Å². The first-order valence-electron chi connectivity index (χ1n) is 11.2. The summed E-state index contributed by atoms with van der Waals surface area (Å²) in [5.41, 5.74) is 3.94. The van der Waals surface area contributed by atoms with Crippen LogP contribution < -0.4 is 5.32 Å². The number of nitrogens with zero attached hydrogens (tertiary/aromatic N) is 1. The van der Waals surface area contributed by atoms with Crippen LogP contribution in [0.4, 0.5) is 11.4 Å². The molecular weight excluding hydrogens is 420 g/mol. The minimum Gasteiger partial charge on any atom is -0.478 e. The number of aryl methyl sites for hydroxylation is 2. The zero-order chi connectivity index (χ0) is 23.6. The number of benzene rings is 2. The fourth-order valence-electron chi connectivity index (χ4n) is 4.95. The van der Waals surface area contributed by atoms with Gasteiger partial charge in [-0.05, 0) is 73.9 Å². The van der Waals surface area contributed by atoms with E-state index in [-0.39, 0.29) is 28.8 Å². The summed E-state index contributed by atoms with van der Waals surface area (Å²) in [6.07, 6.45) is 3.81. The first-order valence-corrected chi connectivity index (χ1v) is 11.2. The summed E-state index contributed by atoms with van der Waals surface area (Å²) in [5, 5.41) is 12.4. The Morgan fingerprint density at radius 1 is 1.24 bits per heavy atom. The molecule has 0 aromatic heterocycles. The fraction of sp³-hybridized carbons (Fsp3) is 0.385. The van der Waals surface area contributed by atoms with Crippen molar-refractivity contribution in [1.29, 1.82) is 0 Å². The van der Waals surface area contributed by atoms with Crippen LogP contribution >= 0.6 is 0 Å². The van der Waals surface area contributed by atoms with Gasteiger partial charge in [0.2, 0.25) is 5.91 Å². The summed E-state index contributed by atoms with van der Waals surface area (Å²) in [6, 6.07) is 10.4. The van der Waals surface area contributed by atoms with Gasteiger partial charge in [0, 0.05) is 23.4 Å². The number of hydrogen-bond acceptors (Lipinski definition) is 4. The quantitative estimate of drug-likeness (QED) is 0.454. The van der Waals surface area contributed by atoms with Crippen LogP contribution in [0.5, 0.6) is 0 Å². The number of hydrogen-bond donors (Lipinski definition) is 2. The standard InChI is InChI=1S/C26H26N2O5/c1-3-33-23(29)6-4-5-17-9-10-19(27-2)14-22(17)28-24(30)21-15-26(21)12-11-16-7-8-18(25(31)32)13-20(16)26/h7-10,13-14,21H,3-6,11-12,15H2,1H3,(H,28,30)(H,31,32)/t21-,26-/m0/s1. The second-order valence-corrected chi connectivity index (χ2v) is 8.69. The molecule has 0 bridgehead atoms. The van der Waals surface area contributed by atoms with E-state index < -0.39 is 5.97 Å². The number of rotatable bonds is 8. The lowest BCUT2D eigenvalue weighted by molar-refractivity contribution is -0.143. The van der Waals surface area contributed by atoms with Crippen LogP contribution in [0.3, 0.4) is 0 Å². The minimum absolute atomic E-state index is 0.114. The molecule has 1 fully saturated rings. The number of esters is 1. The number of nitrogens with one attached hydrogen (secondary N) is 1. The zero-order valence-electron chi connectivity index (χ0n) is 18.5. The Labute approximate surface area is 192 Å². The summed E-state index contributed by atoms with van der Waals surface area (Å²) < 4.78 is 4.97. The van der Waals surface area contributed by atoms with Gasteiger partial charge in [0.25, 0.3) is 0 Å². The highest BCUT2D eigenvalue weighted by Gasteiger charge is 2.61. The highest BCUT2D eigenvalue weighted by Crippen LogP contribution is 2.62. The van der Waals surface area contributed by atoms with Crippen molar-refractivity contribution < 1.29 is 24.2 Å².